The molecule has 1 heterocycles. The fourth-order valence-corrected chi connectivity index (χ4v) is 3.80. The van der Waals surface area contributed by atoms with Gasteiger partial charge in [0.25, 0.3) is 0 Å². The first kappa shape index (κ1) is 19.9. The third-order valence-corrected chi connectivity index (χ3v) is 5.62. The molecule has 0 amide bonds. The van der Waals surface area contributed by atoms with Gasteiger partial charge in [0.05, 0.1) is 36.7 Å². The lowest BCUT2D eigenvalue weighted by atomic mass is 10.0. The number of ether oxygens (including phenoxy) is 2. The van der Waals surface area contributed by atoms with Gasteiger partial charge in [0, 0.05) is 21.9 Å². The van der Waals surface area contributed by atoms with Gasteiger partial charge in [-0.1, -0.05) is 30.3 Å². The summed E-state index contributed by atoms with van der Waals surface area (Å²) in [7, 11) is 3.18. The van der Waals surface area contributed by atoms with Crippen molar-refractivity contribution in [2.45, 2.75) is 4.90 Å². The highest BCUT2D eigenvalue weighted by molar-refractivity contribution is 7.98. The fraction of sp³-hybridized carbons (Fsp3) is 0.125. The number of hydrogen-bond acceptors (Lipinski definition) is 5. The Morgan fingerprint density at radius 1 is 0.933 bits per heavy atom. The zero-order valence-corrected chi connectivity index (χ0v) is 17.8. The predicted octanol–water partition coefficient (Wildman–Crippen LogP) is 5.78. The molecule has 0 spiro atoms. The predicted molar refractivity (Wildman–Crippen MR) is 123 cm³/mol. The van der Waals surface area contributed by atoms with Gasteiger partial charge in [-0.15, -0.1) is 11.8 Å². The number of benzene rings is 3. The lowest BCUT2D eigenvalue weighted by Gasteiger charge is -2.10. The van der Waals surface area contributed by atoms with Gasteiger partial charge in [0.2, 0.25) is 0 Å². The van der Waals surface area contributed by atoms with E-state index in [9.17, 15) is 5.11 Å². The van der Waals surface area contributed by atoms with Crippen LogP contribution in [0.2, 0.25) is 0 Å². The van der Waals surface area contributed by atoms with E-state index in [1.54, 1.807) is 26.0 Å². The summed E-state index contributed by atoms with van der Waals surface area (Å²) < 4.78 is 10.9. The van der Waals surface area contributed by atoms with Crippen LogP contribution in [-0.2, 0) is 0 Å². The van der Waals surface area contributed by atoms with Crippen LogP contribution >= 0.6 is 11.8 Å². The van der Waals surface area contributed by atoms with Crippen molar-refractivity contribution in [2.24, 2.45) is 4.99 Å². The number of aliphatic imine (C=N–C) groups is 1. The number of methoxy groups -OCH3 is 2. The van der Waals surface area contributed by atoms with Crippen LogP contribution < -0.4 is 9.47 Å². The van der Waals surface area contributed by atoms with E-state index in [1.807, 2.05) is 73.0 Å². The zero-order chi connectivity index (χ0) is 21.1. The molecule has 0 aliphatic heterocycles. The van der Waals surface area contributed by atoms with Crippen LogP contribution in [0.15, 0.2) is 76.6 Å². The van der Waals surface area contributed by atoms with Crippen molar-refractivity contribution in [3.63, 3.8) is 0 Å². The van der Waals surface area contributed by atoms with Crippen molar-refractivity contribution in [3.8, 4) is 17.4 Å². The Balaban J connectivity index is 1.96. The molecule has 0 bridgehead atoms. The van der Waals surface area contributed by atoms with Crippen LogP contribution in [0.4, 0.5) is 5.69 Å². The van der Waals surface area contributed by atoms with Crippen LogP contribution in [0.25, 0.3) is 10.9 Å². The van der Waals surface area contributed by atoms with E-state index in [0.717, 1.165) is 22.2 Å². The summed E-state index contributed by atoms with van der Waals surface area (Å²) in [5.41, 5.74) is 3.73. The number of fused-ring (bicyclic) bond motifs is 1. The molecule has 2 N–H and O–H groups in total. The average Bonchev–Trinajstić information content (AvgIpc) is 3.11. The molecule has 0 fully saturated rings. The van der Waals surface area contributed by atoms with E-state index in [1.165, 1.54) is 4.90 Å². The lowest BCUT2D eigenvalue weighted by Crippen LogP contribution is -2.03. The molecule has 30 heavy (non-hydrogen) atoms. The van der Waals surface area contributed by atoms with Crippen LogP contribution in [0, 0.1) is 0 Å². The van der Waals surface area contributed by atoms with Crippen LogP contribution in [-0.4, -0.2) is 36.3 Å². The highest BCUT2D eigenvalue weighted by Gasteiger charge is 2.21. The normalized spacial score (nSPS) is 11.6. The van der Waals surface area contributed by atoms with Gasteiger partial charge in [0.15, 0.2) is 17.4 Å². The molecule has 0 aliphatic carbocycles. The van der Waals surface area contributed by atoms with Gasteiger partial charge in [-0.3, -0.25) is 0 Å². The minimum Gasteiger partial charge on any atom is -0.494 e. The summed E-state index contributed by atoms with van der Waals surface area (Å²) in [5.74, 6) is 1.22. The molecular weight excluding hydrogens is 396 g/mol. The van der Waals surface area contributed by atoms with E-state index < -0.39 is 0 Å². The fourth-order valence-electron chi connectivity index (χ4n) is 3.39. The first-order valence-electron chi connectivity index (χ1n) is 9.39. The molecule has 1 aromatic heterocycles. The second kappa shape index (κ2) is 8.55. The standard InChI is InChI=1S/C24H22N2O3S/c1-28-20-13-18-19(14-21(20)29-2)26-24(27)22(18)23(15-7-5-4-6-8-15)25-16-9-11-17(30-3)12-10-16/h4-14,26-27H,1-3H3. The van der Waals surface area contributed by atoms with E-state index in [4.69, 9.17) is 14.5 Å². The van der Waals surface area contributed by atoms with Gasteiger partial charge in [0.1, 0.15) is 0 Å². The van der Waals surface area contributed by atoms with Crippen molar-refractivity contribution < 1.29 is 14.6 Å². The Morgan fingerprint density at radius 2 is 1.60 bits per heavy atom. The number of nitrogens with zero attached hydrogens (tertiary/aromatic N) is 1. The third kappa shape index (κ3) is 3.74. The average molecular weight is 419 g/mol. The SMILES string of the molecule is COc1cc2[nH]c(O)c(C(=Nc3ccc(SC)cc3)c3ccccc3)c2cc1OC. The summed E-state index contributed by atoms with van der Waals surface area (Å²) >= 11 is 1.68. The van der Waals surface area contributed by atoms with Gasteiger partial charge < -0.3 is 19.6 Å². The minimum absolute atomic E-state index is 0.0450. The molecule has 3 aromatic carbocycles. The maximum atomic E-state index is 10.8. The Kier molecular flexibility index (Phi) is 5.68. The Bertz CT molecular complexity index is 1200. The topological polar surface area (TPSA) is 66.8 Å². The third-order valence-electron chi connectivity index (χ3n) is 4.88. The molecule has 4 aromatic rings. The molecule has 0 aliphatic rings. The molecule has 0 saturated heterocycles. The van der Waals surface area contributed by atoms with E-state index >= 15 is 0 Å². The molecule has 152 valence electrons. The van der Waals surface area contributed by atoms with Crippen molar-refractivity contribution >= 4 is 34.1 Å². The summed E-state index contributed by atoms with van der Waals surface area (Å²) in [5, 5.41) is 11.6. The number of H-pyrrole nitrogens is 1. The second-order valence-electron chi connectivity index (χ2n) is 6.63. The molecule has 0 radical (unpaired) electrons. The van der Waals surface area contributed by atoms with E-state index in [0.29, 0.717) is 22.8 Å². The minimum atomic E-state index is 0.0450. The smallest absolute Gasteiger partial charge is 0.199 e. The Labute approximate surface area is 179 Å². The van der Waals surface area contributed by atoms with Crippen molar-refractivity contribution in [2.75, 3.05) is 20.5 Å². The first-order valence-corrected chi connectivity index (χ1v) is 10.6. The summed E-state index contributed by atoms with van der Waals surface area (Å²) in [4.78, 5) is 9.12. The highest BCUT2D eigenvalue weighted by Crippen LogP contribution is 2.38. The quantitative estimate of drug-likeness (QED) is 0.308. The highest BCUT2D eigenvalue weighted by atomic mass is 32.2. The van der Waals surface area contributed by atoms with Gasteiger partial charge in [-0.2, -0.15) is 0 Å². The first-order chi connectivity index (χ1) is 14.6. The molecule has 0 atom stereocenters. The van der Waals surface area contributed by atoms with Crippen molar-refractivity contribution in [1.29, 1.82) is 0 Å². The zero-order valence-electron chi connectivity index (χ0n) is 17.0. The van der Waals surface area contributed by atoms with Crippen molar-refractivity contribution in [3.05, 3.63) is 77.9 Å². The largest absolute Gasteiger partial charge is 0.494 e. The summed E-state index contributed by atoms with van der Waals surface area (Å²) in [6, 6.07) is 21.5. The Hall–Kier alpha value is -3.38. The molecule has 4 rings (SSSR count). The number of aromatic nitrogens is 1. The molecule has 0 saturated carbocycles. The lowest BCUT2D eigenvalue weighted by molar-refractivity contribution is 0.356. The van der Waals surface area contributed by atoms with Crippen LogP contribution in [0.5, 0.6) is 17.4 Å². The molecular formula is C24H22N2O3S. The molecule has 0 unspecified atom stereocenters. The molecule has 6 heteroatoms. The maximum absolute atomic E-state index is 10.8. The second-order valence-corrected chi connectivity index (χ2v) is 7.51. The monoisotopic (exact) mass is 418 g/mol. The van der Waals surface area contributed by atoms with Crippen LogP contribution in [0.3, 0.4) is 0 Å². The van der Waals surface area contributed by atoms with Gasteiger partial charge in [-0.05, 0) is 36.6 Å². The van der Waals surface area contributed by atoms with E-state index in [-0.39, 0.29) is 5.88 Å². The van der Waals surface area contributed by atoms with Gasteiger partial charge >= 0.3 is 0 Å². The number of hydrogen-bond donors (Lipinski definition) is 2. The van der Waals surface area contributed by atoms with Crippen molar-refractivity contribution in [1.82, 2.24) is 4.98 Å². The maximum Gasteiger partial charge on any atom is 0.199 e. The number of aromatic amines is 1. The number of thioether (sulfide) groups is 1. The summed E-state index contributed by atoms with van der Waals surface area (Å²) in [6.45, 7) is 0. The van der Waals surface area contributed by atoms with E-state index in [2.05, 4.69) is 4.98 Å². The number of nitrogens with one attached hydrogen (secondary N) is 1. The molecule has 5 nitrogen and oxygen atoms in total. The number of aromatic hydroxyl groups is 1. The summed E-state index contributed by atoms with van der Waals surface area (Å²) in [6.07, 6.45) is 2.04. The van der Waals surface area contributed by atoms with Crippen LogP contribution in [0.1, 0.15) is 11.1 Å². The Morgan fingerprint density at radius 3 is 2.23 bits per heavy atom. The van der Waals surface area contributed by atoms with Gasteiger partial charge in [-0.25, -0.2) is 4.99 Å². The number of rotatable bonds is 6.